The first-order valence-corrected chi connectivity index (χ1v) is 11.5. The first-order chi connectivity index (χ1) is 14.6. The molecule has 0 unspecified atom stereocenters. The third-order valence-corrected chi connectivity index (χ3v) is 7.37. The molecule has 1 aromatic carbocycles. The van der Waals surface area contributed by atoms with Crippen molar-refractivity contribution in [1.82, 2.24) is 19.6 Å². The molecule has 0 saturated carbocycles. The Hall–Kier alpha value is -2.18. The molecule has 0 spiro atoms. The van der Waals surface area contributed by atoms with E-state index >= 15 is 0 Å². The summed E-state index contributed by atoms with van der Waals surface area (Å²) in [5.74, 6) is -0.882. The van der Waals surface area contributed by atoms with Gasteiger partial charge < -0.3 is 5.11 Å². The van der Waals surface area contributed by atoms with Gasteiger partial charge in [-0.05, 0) is 49.7 Å². The zero-order valence-corrected chi connectivity index (χ0v) is 17.9. The molecule has 160 valence electrons. The number of aromatic nitrogens is 2. The van der Waals surface area contributed by atoms with Crippen molar-refractivity contribution >= 4 is 5.97 Å². The second-order valence-electron chi connectivity index (χ2n) is 9.10. The Balaban J connectivity index is 1.22. The average Bonchev–Trinajstić information content (AvgIpc) is 3.36. The molecular weight excluding hydrogens is 376 g/mol. The lowest BCUT2D eigenvalue weighted by Crippen LogP contribution is -2.54. The Morgan fingerprint density at radius 3 is 2.27 bits per heavy atom. The van der Waals surface area contributed by atoms with Crippen molar-refractivity contribution in [3.05, 3.63) is 52.3 Å². The number of fused-ring (bicyclic) bond motifs is 2. The number of carbonyl (C=O) groups is 1. The van der Waals surface area contributed by atoms with E-state index in [4.69, 9.17) is 0 Å². The summed E-state index contributed by atoms with van der Waals surface area (Å²) < 4.78 is 1.95. The predicted molar refractivity (Wildman–Crippen MR) is 116 cm³/mol. The zero-order chi connectivity index (χ0) is 20.7. The molecule has 6 heteroatoms. The molecule has 1 saturated heterocycles. The molecule has 1 N–H and O–H groups in total. The van der Waals surface area contributed by atoms with Crippen LogP contribution in [0.5, 0.6) is 0 Å². The minimum atomic E-state index is -0.882. The van der Waals surface area contributed by atoms with E-state index in [-0.39, 0.29) is 5.69 Å². The molecule has 5 rings (SSSR count). The first kappa shape index (κ1) is 19.8. The molecule has 30 heavy (non-hydrogen) atoms. The summed E-state index contributed by atoms with van der Waals surface area (Å²) in [5.41, 5.74) is 5.48. The summed E-state index contributed by atoms with van der Waals surface area (Å²) in [6, 6.07) is 9.97. The van der Waals surface area contributed by atoms with E-state index in [0.29, 0.717) is 12.1 Å². The van der Waals surface area contributed by atoms with Gasteiger partial charge in [-0.3, -0.25) is 14.5 Å². The van der Waals surface area contributed by atoms with Crippen molar-refractivity contribution in [3.8, 4) is 0 Å². The van der Waals surface area contributed by atoms with Crippen LogP contribution in [0.3, 0.4) is 0 Å². The van der Waals surface area contributed by atoms with Gasteiger partial charge >= 0.3 is 5.97 Å². The lowest BCUT2D eigenvalue weighted by atomic mass is 9.90. The standard InChI is InChI=1S/C24H32N4O2/c1-2-9-28-22-8-7-19(16-21(22)23(25-28)24(29)30)26-10-12-27(13-11-26)20-14-17-5-3-4-6-18(17)15-20/h3-6,19-20H,2,7-16H2,1H3,(H,29,30)/t19-/m1/s1. The highest BCUT2D eigenvalue weighted by atomic mass is 16.4. The SMILES string of the molecule is CCCn1nc(C(=O)O)c2c1CC[C@@H](N1CCN(C3Cc4ccccc4C3)CC1)C2. The number of rotatable bonds is 5. The van der Waals surface area contributed by atoms with Crippen molar-refractivity contribution in [1.29, 1.82) is 0 Å². The zero-order valence-electron chi connectivity index (χ0n) is 17.9. The minimum absolute atomic E-state index is 0.283. The van der Waals surface area contributed by atoms with Crippen LogP contribution in [0.4, 0.5) is 0 Å². The smallest absolute Gasteiger partial charge is 0.356 e. The van der Waals surface area contributed by atoms with Gasteiger partial charge in [0.15, 0.2) is 5.69 Å². The highest BCUT2D eigenvalue weighted by Gasteiger charge is 2.34. The van der Waals surface area contributed by atoms with Gasteiger partial charge in [0.1, 0.15) is 0 Å². The maximum Gasteiger partial charge on any atom is 0.356 e. The van der Waals surface area contributed by atoms with Gasteiger partial charge in [-0.25, -0.2) is 4.79 Å². The highest BCUT2D eigenvalue weighted by Crippen LogP contribution is 2.30. The van der Waals surface area contributed by atoms with Crippen LogP contribution < -0.4 is 0 Å². The molecule has 1 atom stereocenters. The van der Waals surface area contributed by atoms with Crippen molar-refractivity contribution in [2.45, 2.75) is 64.1 Å². The molecule has 2 aromatic rings. The monoisotopic (exact) mass is 408 g/mol. The lowest BCUT2D eigenvalue weighted by Gasteiger charge is -2.42. The molecule has 1 aromatic heterocycles. The van der Waals surface area contributed by atoms with Crippen LogP contribution in [-0.4, -0.2) is 68.9 Å². The van der Waals surface area contributed by atoms with E-state index in [2.05, 4.69) is 46.1 Å². The van der Waals surface area contributed by atoms with Crippen molar-refractivity contribution in [3.63, 3.8) is 0 Å². The third-order valence-electron chi connectivity index (χ3n) is 7.37. The van der Waals surface area contributed by atoms with Gasteiger partial charge in [0.05, 0.1) is 0 Å². The number of carboxylic acids is 1. The fourth-order valence-electron chi connectivity index (χ4n) is 5.81. The Morgan fingerprint density at radius 1 is 1.03 bits per heavy atom. The fourth-order valence-corrected chi connectivity index (χ4v) is 5.81. The van der Waals surface area contributed by atoms with Crippen molar-refractivity contribution in [2.75, 3.05) is 26.2 Å². The van der Waals surface area contributed by atoms with Crippen molar-refractivity contribution in [2.24, 2.45) is 0 Å². The molecule has 0 bridgehead atoms. The number of hydrogen-bond acceptors (Lipinski definition) is 4. The molecular formula is C24H32N4O2. The molecule has 0 amide bonds. The molecule has 2 heterocycles. The van der Waals surface area contributed by atoms with Gasteiger partial charge in [-0.2, -0.15) is 5.10 Å². The first-order valence-electron chi connectivity index (χ1n) is 11.5. The maximum atomic E-state index is 11.8. The van der Waals surface area contributed by atoms with Gasteiger partial charge in [0, 0.05) is 56.1 Å². The predicted octanol–water partition coefficient (Wildman–Crippen LogP) is 2.63. The van der Waals surface area contributed by atoms with Gasteiger partial charge in [-0.1, -0.05) is 31.2 Å². The summed E-state index contributed by atoms with van der Waals surface area (Å²) in [6.07, 6.45) is 6.22. The summed E-state index contributed by atoms with van der Waals surface area (Å²) in [7, 11) is 0. The second-order valence-corrected chi connectivity index (χ2v) is 9.10. The van der Waals surface area contributed by atoms with Gasteiger partial charge in [-0.15, -0.1) is 0 Å². The normalized spacial score (nSPS) is 22.8. The Labute approximate surface area is 178 Å². The van der Waals surface area contributed by atoms with Crippen molar-refractivity contribution < 1.29 is 9.90 Å². The summed E-state index contributed by atoms with van der Waals surface area (Å²) in [6.45, 7) is 7.31. The maximum absolute atomic E-state index is 11.8. The number of hydrogen-bond donors (Lipinski definition) is 1. The van der Waals surface area contributed by atoms with E-state index in [1.54, 1.807) is 0 Å². The Morgan fingerprint density at radius 2 is 1.67 bits per heavy atom. The molecule has 2 aliphatic carbocycles. The largest absolute Gasteiger partial charge is 0.476 e. The minimum Gasteiger partial charge on any atom is -0.476 e. The number of aryl methyl sites for hydroxylation is 1. The summed E-state index contributed by atoms with van der Waals surface area (Å²) >= 11 is 0. The number of benzene rings is 1. The van der Waals surface area contributed by atoms with E-state index in [1.165, 1.54) is 24.0 Å². The second kappa shape index (κ2) is 8.16. The van der Waals surface area contributed by atoms with Crippen LogP contribution in [0.15, 0.2) is 24.3 Å². The van der Waals surface area contributed by atoms with Gasteiger partial charge in [0.25, 0.3) is 0 Å². The summed E-state index contributed by atoms with van der Waals surface area (Å²) in [5, 5.41) is 14.1. The quantitative estimate of drug-likeness (QED) is 0.824. The van der Waals surface area contributed by atoms with E-state index in [9.17, 15) is 9.90 Å². The van der Waals surface area contributed by atoms with E-state index in [0.717, 1.165) is 69.7 Å². The third kappa shape index (κ3) is 3.56. The van der Waals surface area contributed by atoms with Crippen LogP contribution in [0.1, 0.15) is 52.6 Å². The Kier molecular flexibility index (Phi) is 5.37. The van der Waals surface area contributed by atoms with E-state index < -0.39 is 5.97 Å². The highest BCUT2D eigenvalue weighted by molar-refractivity contribution is 5.87. The molecule has 1 aliphatic heterocycles. The average molecular weight is 409 g/mol. The number of nitrogens with zero attached hydrogens (tertiary/aromatic N) is 4. The summed E-state index contributed by atoms with van der Waals surface area (Å²) in [4.78, 5) is 17.0. The molecule has 6 nitrogen and oxygen atoms in total. The number of piperazine rings is 1. The van der Waals surface area contributed by atoms with Crippen LogP contribution >= 0.6 is 0 Å². The number of aromatic carboxylic acids is 1. The lowest BCUT2D eigenvalue weighted by molar-refractivity contribution is 0.0649. The van der Waals surface area contributed by atoms with Crippen LogP contribution in [-0.2, 0) is 32.2 Å². The van der Waals surface area contributed by atoms with E-state index in [1.807, 2.05) is 4.68 Å². The molecule has 0 radical (unpaired) electrons. The molecule has 1 fully saturated rings. The van der Waals surface area contributed by atoms with Gasteiger partial charge in [0.2, 0.25) is 0 Å². The number of carboxylic acid groups (broad SMARTS) is 1. The van der Waals surface area contributed by atoms with Crippen LogP contribution in [0, 0.1) is 0 Å². The van der Waals surface area contributed by atoms with Crippen LogP contribution in [0.25, 0.3) is 0 Å². The topological polar surface area (TPSA) is 61.6 Å². The Bertz CT molecular complexity index is 904. The van der Waals surface area contributed by atoms with Crippen LogP contribution in [0.2, 0.25) is 0 Å². The fraction of sp³-hybridized carbons (Fsp3) is 0.583. The molecule has 3 aliphatic rings.